The Morgan fingerprint density at radius 2 is 2.47 bits per heavy atom. The van der Waals surface area contributed by atoms with Crippen LogP contribution in [0, 0.1) is 19.8 Å². The van der Waals surface area contributed by atoms with Crippen molar-refractivity contribution in [1.29, 1.82) is 0 Å². The lowest BCUT2D eigenvalue weighted by molar-refractivity contribution is -0.122. The smallest absolute Gasteiger partial charge is 0.241 e. The summed E-state index contributed by atoms with van der Waals surface area (Å²) in [5.74, 6) is 0.627. The van der Waals surface area contributed by atoms with E-state index in [0.29, 0.717) is 12.5 Å². The van der Waals surface area contributed by atoms with Gasteiger partial charge in [-0.2, -0.15) is 5.10 Å². The lowest BCUT2D eigenvalue weighted by atomic mass is 10.1. The van der Waals surface area contributed by atoms with Gasteiger partial charge >= 0.3 is 0 Å². The molecule has 1 aromatic rings. The molecule has 0 saturated carbocycles. The van der Waals surface area contributed by atoms with Crippen molar-refractivity contribution in [3.63, 3.8) is 0 Å². The average Bonchev–Trinajstić information content (AvgIpc) is 2.87. The molecule has 17 heavy (non-hydrogen) atoms. The molecule has 1 aliphatic heterocycles. The van der Waals surface area contributed by atoms with Gasteiger partial charge in [-0.25, -0.2) is 0 Å². The van der Waals surface area contributed by atoms with Crippen LogP contribution in [0.3, 0.4) is 0 Å². The molecule has 1 unspecified atom stereocenters. The molecule has 1 aliphatic rings. The third-order valence-electron chi connectivity index (χ3n) is 3.15. The van der Waals surface area contributed by atoms with Crippen LogP contribution in [0.1, 0.15) is 17.8 Å². The molecule has 1 saturated heterocycles. The van der Waals surface area contributed by atoms with Gasteiger partial charge in [-0.15, -0.1) is 0 Å². The molecular formula is C12H20N4O. The lowest BCUT2D eigenvalue weighted by Gasteiger charge is -2.10. The molecule has 2 heterocycles. The van der Waals surface area contributed by atoms with Crippen LogP contribution in [0.5, 0.6) is 0 Å². The Labute approximate surface area is 102 Å². The first kappa shape index (κ1) is 12.1. The van der Waals surface area contributed by atoms with E-state index in [1.54, 1.807) is 4.68 Å². The highest BCUT2D eigenvalue weighted by Gasteiger charge is 2.15. The number of amides is 1. The van der Waals surface area contributed by atoms with Crippen molar-refractivity contribution in [2.24, 2.45) is 5.92 Å². The van der Waals surface area contributed by atoms with Crippen molar-refractivity contribution < 1.29 is 4.79 Å². The van der Waals surface area contributed by atoms with E-state index in [1.165, 1.54) is 0 Å². The second-order valence-electron chi connectivity index (χ2n) is 4.75. The van der Waals surface area contributed by atoms with Crippen molar-refractivity contribution in [1.82, 2.24) is 20.4 Å². The molecule has 0 spiro atoms. The Morgan fingerprint density at radius 3 is 3.06 bits per heavy atom. The van der Waals surface area contributed by atoms with E-state index in [4.69, 9.17) is 0 Å². The summed E-state index contributed by atoms with van der Waals surface area (Å²) < 4.78 is 1.75. The number of carbonyl (C=O) groups excluding carboxylic acids is 1. The lowest BCUT2D eigenvalue weighted by Crippen LogP contribution is -2.33. The minimum absolute atomic E-state index is 0.0445. The Morgan fingerprint density at radius 1 is 1.65 bits per heavy atom. The number of hydrogen-bond donors (Lipinski definition) is 2. The predicted octanol–water partition coefficient (Wildman–Crippen LogP) is 0.226. The molecule has 1 amide bonds. The van der Waals surface area contributed by atoms with E-state index in [-0.39, 0.29) is 5.91 Å². The molecule has 2 rings (SSSR count). The van der Waals surface area contributed by atoms with Crippen LogP contribution in [0.2, 0.25) is 0 Å². The van der Waals surface area contributed by atoms with Crippen LogP contribution in [0.25, 0.3) is 0 Å². The zero-order valence-electron chi connectivity index (χ0n) is 10.5. The van der Waals surface area contributed by atoms with Gasteiger partial charge in [0.05, 0.1) is 5.69 Å². The fraction of sp³-hybridized carbons (Fsp3) is 0.667. The van der Waals surface area contributed by atoms with Crippen LogP contribution < -0.4 is 10.6 Å². The maximum Gasteiger partial charge on any atom is 0.241 e. The quantitative estimate of drug-likeness (QED) is 0.786. The fourth-order valence-corrected chi connectivity index (χ4v) is 2.17. The number of nitrogens with zero attached hydrogens (tertiary/aromatic N) is 2. The molecule has 0 radical (unpaired) electrons. The molecular weight excluding hydrogens is 216 g/mol. The molecule has 1 atom stereocenters. The number of carbonyl (C=O) groups is 1. The monoisotopic (exact) mass is 236 g/mol. The highest BCUT2D eigenvalue weighted by atomic mass is 16.2. The second-order valence-corrected chi connectivity index (χ2v) is 4.75. The first-order valence-corrected chi connectivity index (χ1v) is 6.13. The maximum absolute atomic E-state index is 11.7. The van der Waals surface area contributed by atoms with E-state index >= 15 is 0 Å². The summed E-state index contributed by atoms with van der Waals surface area (Å²) in [6.07, 6.45) is 1.15. The van der Waals surface area contributed by atoms with Gasteiger partial charge in [0.25, 0.3) is 0 Å². The van der Waals surface area contributed by atoms with Crippen LogP contribution >= 0.6 is 0 Å². The van der Waals surface area contributed by atoms with Gasteiger partial charge < -0.3 is 10.6 Å². The second kappa shape index (κ2) is 5.31. The van der Waals surface area contributed by atoms with Gasteiger partial charge in [0.2, 0.25) is 5.91 Å². The summed E-state index contributed by atoms with van der Waals surface area (Å²) in [5, 5.41) is 10.5. The largest absolute Gasteiger partial charge is 0.354 e. The summed E-state index contributed by atoms with van der Waals surface area (Å²) in [7, 11) is 0. The molecule has 0 aromatic carbocycles. The van der Waals surface area contributed by atoms with Crippen molar-refractivity contribution in [3.05, 3.63) is 17.5 Å². The Hall–Kier alpha value is -1.36. The minimum Gasteiger partial charge on any atom is -0.354 e. The number of rotatable bonds is 4. The Balaban J connectivity index is 1.78. The van der Waals surface area contributed by atoms with E-state index < -0.39 is 0 Å². The molecule has 0 aliphatic carbocycles. The summed E-state index contributed by atoms with van der Waals surface area (Å²) in [6, 6.07) is 1.98. The SMILES string of the molecule is Cc1cc(C)n(CC(=O)NCC2CCNC2)n1. The zero-order valence-corrected chi connectivity index (χ0v) is 10.5. The van der Waals surface area contributed by atoms with Crippen LogP contribution in [-0.2, 0) is 11.3 Å². The molecule has 5 nitrogen and oxygen atoms in total. The van der Waals surface area contributed by atoms with Gasteiger partial charge in [0.1, 0.15) is 6.54 Å². The van der Waals surface area contributed by atoms with Gasteiger partial charge in [-0.05, 0) is 45.3 Å². The molecule has 94 valence electrons. The van der Waals surface area contributed by atoms with E-state index in [1.807, 2.05) is 19.9 Å². The van der Waals surface area contributed by atoms with E-state index in [9.17, 15) is 4.79 Å². The van der Waals surface area contributed by atoms with Gasteiger partial charge in [0.15, 0.2) is 0 Å². The Kier molecular flexibility index (Phi) is 3.78. The van der Waals surface area contributed by atoms with Gasteiger partial charge in [-0.1, -0.05) is 0 Å². The third-order valence-corrected chi connectivity index (χ3v) is 3.15. The summed E-state index contributed by atoms with van der Waals surface area (Å²) in [6.45, 7) is 7.07. The number of aromatic nitrogens is 2. The van der Waals surface area contributed by atoms with Crippen LogP contribution in [0.15, 0.2) is 6.07 Å². The first-order valence-electron chi connectivity index (χ1n) is 6.13. The number of nitrogens with one attached hydrogen (secondary N) is 2. The normalized spacial score (nSPS) is 19.5. The summed E-state index contributed by atoms with van der Waals surface area (Å²) in [4.78, 5) is 11.7. The average molecular weight is 236 g/mol. The Bertz CT molecular complexity index is 393. The fourth-order valence-electron chi connectivity index (χ4n) is 2.17. The van der Waals surface area contributed by atoms with E-state index in [0.717, 1.165) is 37.4 Å². The standard InChI is InChI=1S/C12H20N4O/c1-9-5-10(2)16(15-9)8-12(17)14-7-11-3-4-13-6-11/h5,11,13H,3-4,6-8H2,1-2H3,(H,14,17). The summed E-state index contributed by atoms with van der Waals surface area (Å²) in [5.41, 5.74) is 1.98. The van der Waals surface area contributed by atoms with E-state index in [2.05, 4.69) is 15.7 Å². The third kappa shape index (κ3) is 3.30. The van der Waals surface area contributed by atoms with Crippen molar-refractivity contribution in [3.8, 4) is 0 Å². The molecule has 1 fully saturated rings. The molecule has 0 bridgehead atoms. The number of aryl methyl sites for hydroxylation is 2. The van der Waals surface area contributed by atoms with Crippen molar-refractivity contribution >= 4 is 5.91 Å². The highest BCUT2D eigenvalue weighted by Crippen LogP contribution is 2.05. The van der Waals surface area contributed by atoms with Crippen LogP contribution in [-0.4, -0.2) is 35.3 Å². The number of hydrogen-bond acceptors (Lipinski definition) is 3. The molecule has 2 N–H and O–H groups in total. The molecule has 1 aromatic heterocycles. The first-order chi connectivity index (χ1) is 8.15. The van der Waals surface area contributed by atoms with Crippen molar-refractivity contribution in [2.45, 2.75) is 26.8 Å². The molecule has 5 heteroatoms. The maximum atomic E-state index is 11.7. The summed E-state index contributed by atoms with van der Waals surface area (Å²) >= 11 is 0. The van der Waals surface area contributed by atoms with Crippen molar-refractivity contribution in [2.75, 3.05) is 19.6 Å². The van der Waals surface area contributed by atoms with Gasteiger partial charge in [0, 0.05) is 12.2 Å². The highest BCUT2D eigenvalue weighted by molar-refractivity contribution is 5.75. The predicted molar refractivity (Wildman–Crippen MR) is 65.7 cm³/mol. The zero-order chi connectivity index (χ0) is 12.3. The van der Waals surface area contributed by atoms with Gasteiger partial charge in [-0.3, -0.25) is 9.48 Å². The minimum atomic E-state index is 0.0445. The van der Waals surface area contributed by atoms with Crippen LogP contribution in [0.4, 0.5) is 0 Å². The topological polar surface area (TPSA) is 59.0 Å².